The van der Waals surface area contributed by atoms with Crippen LogP contribution in [0.25, 0.3) is 32.4 Å². The topological polar surface area (TPSA) is 33.1 Å². The first-order valence-corrected chi connectivity index (χ1v) is 13.9. The third-order valence-corrected chi connectivity index (χ3v) is 9.70. The predicted molar refractivity (Wildman–Crippen MR) is 152 cm³/mol. The average molecular weight is 488 g/mol. The lowest BCUT2D eigenvalue weighted by molar-refractivity contribution is -0.985. The minimum atomic E-state index is -0.505. The number of rotatable bonds is 5. The number of hydrogen-bond acceptors (Lipinski definition) is 2. The summed E-state index contributed by atoms with van der Waals surface area (Å²) >= 11 is 0. The summed E-state index contributed by atoms with van der Waals surface area (Å²) in [5.74, 6) is 1.44. The van der Waals surface area contributed by atoms with Crippen molar-refractivity contribution in [3.63, 3.8) is 0 Å². The number of quaternary nitrogens is 1. The first kappa shape index (κ1) is 22.9. The van der Waals surface area contributed by atoms with Crippen LogP contribution in [0, 0.1) is 11.8 Å². The predicted octanol–water partition coefficient (Wildman–Crippen LogP) is 7.41. The van der Waals surface area contributed by atoms with Crippen molar-refractivity contribution in [1.29, 1.82) is 0 Å². The molecule has 5 atom stereocenters. The highest BCUT2D eigenvalue weighted by molar-refractivity contribution is 6.02. The molecule has 37 heavy (non-hydrogen) atoms. The van der Waals surface area contributed by atoms with Crippen LogP contribution in [-0.2, 0) is 6.54 Å². The van der Waals surface area contributed by atoms with Gasteiger partial charge in [0.05, 0.1) is 18.6 Å². The van der Waals surface area contributed by atoms with Crippen LogP contribution in [0.4, 0.5) is 0 Å². The number of nitrogens with zero attached hydrogens (tertiary/aromatic N) is 2. The summed E-state index contributed by atoms with van der Waals surface area (Å²) < 4.78 is 0.977. The van der Waals surface area contributed by atoms with Gasteiger partial charge in [-0.15, -0.1) is 0 Å². The Hall–Kier alpha value is -3.27. The molecule has 2 bridgehead atoms. The first-order valence-electron chi connectivity index (χ1n) is 13.9. The lowest BCUT2D eigenvalue weighted by Gasteiger charge is -2.58. The van der Waals surface area contributed by atoms with E-state index in [9.17, 15) is 5.11 Å². The molecule has 1 N–H and O–H groups in total. The molecule has 3 aliphatic heterocycles. The van der Waals surface area contributed by atoms with E-state index in [1.165, 1.54) is 39.9 Å². The van der Waals surface area contributed by atoms with E-state index >= 15 is 0 Å². The van der Waals surface area contributed by atoms with Gasteiger partial charge in [-0.1, -0.05) is 73.7 Å². The Morgan fingerprint density at radius 2 is 1.57 bits per heavy atom. The second kappa shape index (κ2) is 8.93. The van der Waals surface area contributed by atoms with Crippen molar-refractivity contribution in [1.82, 2.24) is 4.98 Å². The van der Waals surface area contributed by atoms with E-state index in [0.29, 0.717) is 5.92 Å². The van der Waals surface area contributed by atoms with Crippen molar-refractivity contribution in [3.8, 4) is 0 Å². The molecule has 0 aliphatic carbocycles. The fraction of sp³-hybridized carbons (Fsp3) is 0.324. The second-order valence-corrected chi connectivity index (χ2v) is 11.5. The highest BCUT2D eigenvalue weighted by Crippen LogP contribution is 2.49. The molecule has 0 spiro atoms. The zero-order valence-corrected chi connectivity index (χ0v) is 21.6. The van der Waals surface area contributed by atoms with Gasteiger partial charge in [-0.2, -0.15) is 0 Å². The summed E-state index contributed by atoms with van der Waals surface area (Å²) in [5, 5.41) is 18.6. The molecule has 3 aliphatic rings. The maximum atomic E-state index is 12.2. The number of aliphatic hydroxyl groups is 1. The third-order valence-electron chi connectivity index (χ3n) is 9.70. The molecule has 3 nitrogen and oxygen atoms in total. The van der Waals surface area contributed by atoms with Crippen molar-refractivity contribution in [2.75, 3.05) is 13.1 Å². The largest absolute Gasteiger partial charge is 0.382 e. The lowest BCUT2D eigenvalue weighted by Crippen LogP contribution is -2.67. The molecule has 5 aromatic rings. The third kappa shape index (κ3) is 3.67. The summed E-state index contributed by atoms with van der Waals surface area (Å²) in [6.07, 6.45) is 4.95. The maximum Gasteiger partial charge on any atom is 0.131 e. The molecule has 0 amide bonds. The molecular formula is C34H35N2O+. The Balaban J connectivity index is 1.39. The molecule has 8 rings (SSSR count). The zero-order chi connectivity index (χ0) is 25.0. The summed E-state index contributed by atoms with van der Waals surface area (Å²) in [6.45, 7) is 5.63. The molecule has 0 unspecified atom stereocenters. The van der Waals surface area contributed by atoms with E-state index in [2.05, 4.69) is 90.8 Å². The van der Waals surface area contributed by atoms with Crippen LogP contribution in [0.3, 0.4) is 0 Å². The number of piperidine rings is 3. The second-order valence-electron chi connectivity index (χ2n) is 11.5. The van der Waals surface area contributed by atoms with Crippen molar-refractivity contribution >= 4 is 32.4 Å². The van der Waals surface area contributed by atoms with Crippen LogP contribution in [0.5, 0.6) is 0 Å². The van der Waals surface area contributed by atoms with E-state index in [4.69, 9.17) is 0 Å². The summed E-state index contributed by atoms with van der Waals surface area (Å²) in [4.78, 5) is 4.58. The molecule has 186 valence electrons. The van der Waals surface area contributed by atoms with Gasteiger partial charge in [-0.3, -0.25) is 4.98 Å². The van der Waals surface area contributed by atoms with Crippen molar-refractivity contribution in [3.05, 3.63) is 102 Å². The molecule has 3 saturated heterocycles. The van der Waals surface area contributed by atoms with Gasteiger partial charge in [0.2, 0.25) is 0 Å². The minimum absolute atomic E-state index is 0.185. The van der Waals surface area contributed by atoms with Gasteiger partial charge < -0.3 is 9.59 Å². The van der Waals surface area contributed by atoms with Gasteiger partial charge in [-0.25, -0.2) is 0 Å². The Labute approximate surface area is 219 Å². The number of pyridine rings is 1. The van der Waals surface area contributed by atoms with Crippen LogP contribution >= 0.6 is 0 Å². The number of hydrogen-bond donors (Lipinski definition) is 1. The van der Waals surface area contributed by atoms with E-state index in [1.807, 2.05) is 12.3 Å². The van der Waals surface area contributed by atoms with Gasteiger partial charge >= 0.3 is 0 Å². The van der Waals surface area contributed by atoms with E-state index in [1.54, 1.807) is 0 Å². The smallest absolute Gasteiger partial charge is 0.131 e. The van der Waals surface area contributed by atoms with Gasteiger partial charge in [-0.05, 0) is 57.6 Å². The maximum absolute atomic E-state index is 12.2. The van der Waals surface area contributed by atoms with E-state index < -0.39 is 6.10 Å². The zero-order valence-electron chi connectivity index (χ0n) is 21.6. The standard InChI is InChI=1S/C34H35N2O/c1-2-23-21-36(22-31-27-11-5-3-9-25(27)19-26-10-4-6-12-28(26)31)18-16-24(23)20-33(36)34(37)30-15-17-35-32-14-8-7-13-29(30)32/h3-15,17,19,23-24,33-34,37H,2,16,18,20-22H2,1H3/q+1/t23-,24-,33+,34-,36-/m0/s1. The van der Waals surface area contributed by atoms with Crippen molar-refractivity contribution in [2.24, 2.45) is 11.8 Å². The Morgan fingerprint density at radius 3 is 2.30 bits per heavy atom. The molecule has 3 fully saturated rings. The van der Waals surface area contributed by atoms with Gasteiger partial charge in [0, 0.05) is 35.9 Å². The lowest BCUT2D eigenvalue weighted by atomic mass is 9.70. The summed E-state index contributed by atoms with van der Waals surface area (Å²) in [6, 6.07) is 30.6. The fourth-order valence-corrected chi connectivity index (χ4v) is 7.84. The summed E-state index contributed by atoms with van der Waals surface area (Å²) in [5.41, 5.74) is 3.45. The number of aromatic nitrogens is 1. The van der Waals surface area contributed by atoms with Gasteiger partial charge in [0.15, 0.2) is 0 Å². The average Bonchev–Trinajstić information content (AvgIpc) is 2.96. The molecule has 4 aromatic carbocycles. The number of benzene rings is 4. The number of aliphatic hydroxyl groups excluding tert-OH is 1. The number of para-hydroxylation sites is 1. The highest BCUT2D eigenvalue weighted by atomic mass is 16.3. The molecule has 0 saturated carbocycles. The van der Waals surface area contributed by atoms with Crippen LogP contribution in [-0.4, -0.2) is 33.7 Å². The monoisotopic (exact) mass is 487 g/mol. The Bertz CT molecular complexity index is 1550. The van der Waals surface area contributed by atoms with E-state index in [0.717, 1.165) is 52.9 Å². The van der Waals surface area contributed by atoms with Crippen molar-refractivity contribution < 1.29 is 9.59 Å². The first-order chi connectivity index (χ1) is 18.2. The molecule has 3 heteroatoms. The van der Waals surface area contributed by atoms with E-state index in [-0.39, 0.29) is 6.04 Å². The SMILES string of the molecule is CC[C@H]1C[N@+]2(Cc3c4ccccc4cc4ccccc34)CC[C@H]1C[C@@H]2[C@@H](O)c1ccnc2ccccc12. The molecule has 1 aromatic heterocycles. The van der Waals surface area contributed by atoms with Crippen LogP contribution in [0.15, 0.2) is 91.1 Å². The molecule has 4 heterocycles. The van der Waals surface area contributed by atoms with Gasteiger partial charge in [0.1, 0.15) is 18.7 Å². The Kier molecular flexibility index (Phi) is 5.53. The normalized spacial score (nSPS) is 26.2. The van der Waals surface area contributed by atoms with Crippen LogP contribution in [0.1, 0.15) is 43.4 Å². The van der Waals surface area contributed by atoms with Crippen LogP contribution in [0.2, 0.25) is 0 Å². The fourth-order valence-electron chi connectivity index (χ4n) is 7.84. The number of fused-ring (bicyclic) bond motifs is 6. The molecular weight excluding hydrogens is 452 g/mol. The van der Waals surface area contributed by atoms with Gasteiger partial charge in [0.25, 0.3) is 0 Å². The minimum Gasteiger partial charge on any atom is -0.382 e. The quantitative estimate of drug-likeness (QED) is 0.207. The summed E-state index contributed by atoms with van der Waals surface area (Å²) in [7, 11) is 0. The van der Waals surface area contributed by atoms with Crippen LogP contribution < -0.4 is 0 Å². The van der Waals surface area contributed by atoms with Crippen molar-refractivity contribution in [2.45, 2.75) is 44.9 Å². The molecule has 0 radical (unpaired) electrons. The highest BCUT2D eigenvalue weighted by Gasteiger charge is 2.54. The Morgan fingerprint density at radius 1 is 0.892 bits per heavy atom.